The Balaban J connectivity index is 2.25. The summed E-state index contributed by atoms with van der Waals surface area (Å²) in [4.78, 5) is 0. The van der Waals surface area contributed by atoms with Gasteiger partial charge in [0.1, 0.15) is 0 Å². The fourth-order valence-electron chi connectivity index (χ4n) is 2.87. The lowest BCUT2D eigenvalue weighted by Gasteiger charge is -2.26. The predicted molar refractivity (Wildman–Crippen MR) is 72.1 cm³/mol. The Hall–Kier alpha value is -1.19. The van der Waals surface area contributed by atoms with Gasteiger partial charge in [0.15, 0.2) is 11.3 Å². The molecule has 0 bridgehead atoms. The zero-order chi connectivity index (χ0) is 12.8. The van der Waals surface area contributed by atoms with Gasteiger partial charge in [-0.2, -0.15) is 0 Å². The molecule has 96 valence electrons. The summed E-state index contributed by atoms with van der Waals surface area (Å²) in [6.07, 6.45) is 5.87. The minimum atomic E-state index is -0.324. The fourth-order valence-corrected chi connectivity index (χ4v) is 3.26. The number of hydrogen-bond acceptors (Lipinski definition) is 3. The molecule has 3 rings (SSSR count). The van der Waals surface area contributed by atoms with E-state index in [4.69, 9.17) is 26.5 Å². The van der Waals surface area contributed by atoms with Gasteiger partial charge in [-0.25, -0.2) is 0 Å². The van der Waals surface area contributed by atoms with Crippen molar-refractivity contribution < 1.29 is 9.15 Å². The maximum atomic E-state index is 6.49. The molecule has 0 unspecified atom stereocenters. The van der Waals surface area contributed by atoms with Crippen LogP contribution in [0.25, 0.3) is 11.0 Å². The topological polar surface area (TPSA) is 48.4 Å². The summed E-state index contributed by atoms with van der Waals surface area (Å²) in [7, 11) is 1.63. The van der Waals surface area contributed by atoms with Gasteiger partial charge in [-0.05, 0) is 30.5 Å². The zero-order valence-corrected chi connectivity index (χ0v) is 11.1. The first-order valence-electron chi connectivity index (χ1n) is 6.19. The van der Waals surface area contributed by atoms with Crippen LogP contribution < -0.4 is 10.5 Å². The Labute approximate surface area is 111 Å². The molecule has 0 aliphatic heterocycles. The summed E-state index contributed by atoms with van der Waals surface area (Å²) in [6, 6.07) is 3.79. The Kier molecular flexibility index (Phi) is 2.76. The summed E-state index contributed by atoms with van der Waals surface area (Å²) in [5.74, 6) is 0.700. The van der Waals surface area contributed by atoms with Gasteiger partial charge in [0.2, 0.25) is 0 Å². The fraction of sp³-hybridized carbons (Fsp3) is 0.429. The Morgan fingerprint density at radius 2 is 2.11 bits per heavy atom. The van der Waals surface area contributed by atoms with Gasteiger partial charge in [-0.1, -0.05) is 24.4 Å². The molecule has 1 aliphatic rings. The van der Waals surface area contributed by atoms with E-state index in [1.165, 1.54) is 0 Å². The summed E-state index contributed by atoms with van der Waals surface area (Å²) in [5, 5.41) is 1.58. The molecule has 2 N–H and O–H groups in total. The molecule has 1 aromatic carbocycles. The van der Waals surface area contributed by atoms with Crippen molar-refractivity contribution in [1.82, 2.24) is 0 Å². The standard InChI is InChI=1S/C14H16ClNO2/c1-17-11-8-10(14(16)5-2-3-6-14)12(15)9-4-7-18-13(9)11/h4,7-8H,2-3,5-6,16H2,1H3. The summed E-state index contributed by atoms with van der Waals surface area (Å²) in [5.41, 5.74) is 7.84. The molecule has 1 heterocycles. The third kappa shape index (κ3) is 1.62. The lowest BCUT2D eigenvalue weighted by Crippen LogP contribution is -2.33. The van der Waals surface area contributed by atoms with Gasteiger partial charge in [0.05, 0.1) is 18.4 Å². The second kappa shape index (κ2) is 4.18. The van der Waals surface area contributed by atoms with E-state index in [9.17, 15) is 0 Å². The average Bonchev–Trinajstić information content (AvgIpc) is 2.99. The Morgan fingerprint density at radius 3 is 2.78 bits per heavy atom. The first-order chi connectivity index (χ1) is 8.65. The second-order valence-corrected chi connectivity index (χ2v) is 5.34. The van der Waals surface area contributed by atoms with Crippen molar-refractivity contribution in [2.75, 3.05) is 7.11 Å². The number of ether oxygens (including phenoxy) is 1. The van der Waals surface area contributed by atoms with E-state index in [0.29, 0.717) is 16.4 Å². The van der Waals surface area contributed by atoms with Gasteiger partial charge < -0.3 is 14.9 Å². The molecular formula is C14H16ClNO2. The maximum Gasteiger partial charge on any atom is 0.177 e. The van der Waals surface area contributed by atoms with Crippen LogP contribution in [0.15, 0.2) is 22.8 Å². The number of hydrogen-bond donors (Lipinski definition) is 1. The molecule has 4 heteroatoms. The van der Waals surface area contributed by atoms with Crippen LogP contribution in [0.5, 0.6) is 5.75 Å². The first kappa shape index (κ1) is 11.9. The van der Waals surface area contributed by atoms with Crippen LogP contribution in [0.3, 0.4) is 0 Å². The van der Waals surface area contributed by atoms with Crippen LogP contribution in [0.1, 0.15) is 31.2 Å². The monoisotopic (exact) mass is 265 g/mol. The molecule has 2 aromatic rings. The summed E-state index contributed by atoms with van der Waals surface area (Å²) < 4.78 is 10.8. The number of nitrogens with two attached hydrogens (primary N) is 1. The highest BCUT2D eigenvalue weighted by Gasteiger charge is 2.34. The number of methoxy groups -OCH3 is 1. The molecule has 1 aromatic heterocycles. The quantitative estimate of drug-likeness (QED) is 0.898. The molecule has 0 spiro atoms. The van der Waals surface area contributed by atoms with Crippen molar-refractivity contribution in [3.63, 3.8) is 0 Å². The third-order valence-corrected chi connectivity index (χ3v) is 4.30. The highest BCUT2D eigenvalue weighted by Crippen LogP contribution is 2.44. The molecule has 0 saturated heterocycles. The second-order valence-electron chi connectivity index (χ2n) is 4.97. The number of benzene rings is 1. The van der Waals surface area contributed by atoms with Crippen LogP contribution in [0.2, 0.25) is 5.02 Å². The normalized spacial score (nSPS) is 18.4. The van der Waals surface area contributed by atoms with Gasteiger partial charge >= 0.3 is 0 Å². The van der Waals surface area contributed by atoms with Crippen LogP contribution in [0, 0.1) is 0 Å². The number of furan rings is 1. The largest absolute Gasteiger partial charge is 0.493 e. The molecule has 1 saturated carbocycles. The minimum Gasteiger partial charge on any atom is -0.493 e. The maximum absolute atomic E-state index is 6.49. The third-order valence-electron chi connectivity index (χ3n) is 3.89. The summed E-state index contributed by atoms with van der Waals surface area (Å²) in [6.45, 7) is 0. The van der Waals surface area contributed by atoms with E-state index in [0.717, 1.165) is 36.6 Å². The molecule has 1 fully saturated rings. The van der Waals surface area contributed by atoms with Gasteiger partial charge in [-0.3, -0.25) is 0 Å². The zero-order valence-electron chi connectivity index (χ0n) is 10.3. The Bertz CT molecular complexity index is 585. The Morgan fingerprint density at radius 1 is 1.39 bits per heavy atom. The molecule has 0 amide bonds. The van der Waals surface area contributed by atoms with E-state index in [-0.39, 0.29) is 5.54 Å². The van der Waals surface area contributed by atoms with Crippen molar-refractivity contribution in [2.45, 2.75) is 31.2 Å². The van der Waals surface area contributed by atoms with E-state index < -0.39 is 0 Å². The van der Waals surface area contributed by atoms with Crippen LogP contribution in [0.4, 0.5) is 0 Å². The first-order valence-corrected chi connectivity index (χ1v) is 6.56. The highest BCUT2D eigenvalue weighted by molar-refractivity contribution is 6.36. The molecular weight excluding hydrogens is 250 g/mol. The number of rotatable bonds is 2. The number of halogens is 1. The van der Waals surface area contributed by atoms with Crippen LogP contribution in [-0.4, -0.2) is 7.11 Å². The van der Waals surface area contributed by atoms with Crippen LogP contribution in [-0.2, 0) is 5.54 Å². The lowest BCUT2D eigenvalue weighted by molar-refractivity contribution is 0.405. The van der Waals surface area contributed by atoms with Crippen molar-refractivity contribution in [2.24, 2.45) is 5.73 Å². The predicted octanol–water partition coefficient (Wildman–Crippen LogP) is 3.82. The molecule has 1 aliphatic carbocycles. The van der Waals surface area contributed by atoms with Crippen molar-refractivity contribution in [3.8, 4) is 5.75 Å². The van der Waals surface area contributed by atoms with E-state index in [1.807, 2.05) is 12.1 Å². The van der Waals surface area contributed by atoms with E-state index in [2.05, 4.69) is 0 Å². The van der Waals surface area contributed by atoms with Gasteiger partial charge in [0, 0.05) is 10.9 Å². The van der Waals surface area contributed by atoms with Gasteiger partial charge in [0.25, 0.3) is 0 Å². The van der Waals surface area contributed by atoms with Gasteiger partial charge in [-0.15, -0.1) is 0 Å². The minimum absolute atomic E-state index is 0.324. The highest BCUT2D eigenvalue weighted by atomic mass is 35.5. The average molecular weight is 266 g/mol. The lowest BCUT2D eigenvalue weighted by atomic mass is 9.88. The van der Waals surface area contributed by atoms with E-state index in [1.54, 1.807) is 13.4 Å². The van der Waals surface area contributed by atoms with E-state index >= 15 is 0 Å². The molecule has 0 radical (unpaired) electrons. The molecule has 18 heavy (non-hydrogen) atoms. The molecule has 3 nitrogen and oxygen atoms in total. The number of fused-ring (bicyclic) bond motifs is 1. The molecule has 0 atom stereocenters. The SMILES string of the molecule is COc1cc(C2(N)CCCC2)c(Cl)c2ccoc12. The van der Waals surface area contributed by atoms with Crippen molar-refractivity contribution >= 4 is 22.6 Å². The van der Waals surface area contributed by atoms with Crippen molar-refractivity contribution in [1.29, 1.82) is 0 Å². The smallest absolute Gasteiger partial charge is 0.177 e. The van der Waals surface area contributed by atoms with Crippen LogP contribution >= 0.6 is 11.6 Å². The summed E-state index contributed by atoms with van der Waals surface area (Å²) >= 11 is 6.49. The van der Waals surface area contributed by atoms with Crippen molar-refractivity contribution in [3.05, 3.63) is 29.0 Å².